The predicted octanol–water partition coefficient (Wildman–Crippen LogP) is 1.40. The summed E-state index contributed by atoms with van der Waals surface area (Å²) in [5.74, 6) is 0.950. The van der Waals surface area contributed by atoms with E-state index in [9.17, 15) is 5.11 Å². The Morgan fingerprint density at radius 3 is 2.71 bits per heavy atom. The largest absolute Gasteiger partial charge is 0.389 e. The molecule has 1 aromatic rings. The van der Waals surface area contributed by atoms with E-state index in [1.165, 1.54) is 0 Å². The van der Waals surface area contributed by atoms with E-state index >= 15 is 0 Å². The number of rotatable bonds is 6. The standard InChI is InChI=1S/C13H23N3O/c1-5-16(10-13(2,3)17)12-11(9-14-4)7-6-8-15-12/h6-8,14,17H,5,9-10H2,1-4H3. The highest BCUT2D eigenvalue weighted by atomic mass is 16.3. The summed E-state index contributed by atoms with van der Waals surface area (Å²) < 4.78 is 0. The van der Waals surface area contributed by atoms with E-state index in [0.717, 1.165) is 24.5 Å². The minimum absolute atomic E-state index is 0.581. The van der Waals surface area contributed by atoms with Crippen molar-refractivity contribution in [2.75, 3.05) is 25.0 Å². The Labute approximate surface area is 104 Å². The smallest absolute Gasteiger partial charge is 0.133 e. The van der Waals surface area contributed by atoms with Crippen molar-refractivity contribution in [3.8, 4) is 0 Å². The molecule has 0 atom stereocenters. The molecule has 0 aromatic carbocycles. The molecule has 0 aliphatic carbocycles. The van der Waals surface area contributed by atoms with Gasteiger partial charge in [0.05, 0.1) is 5.60 Å². The van der Waals surface area contributed by atoms with E-state index in [4.69, 9.17) is 0 Å². The lowest BCUT2D eigenvalue weighted by atomic mass is 10.1. The van der Waals surface area contributed by atoms with Gasteiger partial charge >= 0.3 is 0 Å². The van der Waals surface area contributed by atoms with E-state index in [-0.39, 0.29) is 0 Å². The molecule has 1 aromatic heterocycles. The summed E-state index contributed by atoms with van der Waals surface area (Å²) in [4.78, 5) is 6.53. The third-order valence-corrected chi connectivity index (χ3v) is 2.49. The quantitative estimate of drug-likeness (QED) is 0.785. The maximum absolute atomic E-state index is 9.92. The lowest BCUT2D eigenvalue weighted by molar-refractivity contribution is 0.0874. The van der Waals surface area contributed by atoms with E-state index < -0.39 is 5.60 Å². The first kappa shape index (κ1) is 13.9. The highest BCUT2D eigenvalue weighted by molar-refractivity contribution is 5.46. The van der Waals surface area contributed by atoms with Crippen LogP contribution >= 0.6 is 0 Å². The van der Waals surface area contributed by atoms with Gasteiger partial charge in [-0.3, -0.25) is 0 Å². The predicted molar refractivity (Wildman–Crippen MR) is 71.2 cm³/mol. The van der Waals surface area contributed by atoms with Crippen molar-refractivity contribution in [1.29, 1.82) is 0 Å². The third-order valence-electron chi connectivity index (χ3n) is 2.49. The number of aromatic nitrogens is 1. The number of aliphatic hydroxyl groups is 1. The number of nitrogens with one attached hydrogen (secondary N) is 1. The van der Waals surface area contributed by atoms with Gasteiger partial charge in [0.1, 0.15) is 5.82 Å². The molecule has 1 rings (SSSR count). The minimum Gasteiger partial charge on any atom is -0.389 e. The molecule has 0 radical (unpaired) electrons. The fraction of sp³-hybridized carbons (Fsp3) is 0.615. The van der Waals surface area contributed by atoms with Gasteiger partial charge in [0.25, 0.3) is 0 Å². The van der Waals surface area contributed by atoms with Gasteiger partial charge in [-0.15, -0.1) is 0 Å². The number of pyridine rings is 1. The number of nitrogens with zero attached hydrogens (tertiary/aromatic N) is 2. The van der Waals surface area contributed by atoms with Gasteiger partial charge in [-0.1, -0.05) is 6.07 Å². The van der Waals surface area contributed by atoms with Crippen molar-refractivity contribution in [1.82, 2.24) is 10.3 Å². The van der Waals surface area contributed by atoms with Crippen molar-refractivity contribution >= 4 is 5.82 Å². The summed E-state index contributed by atoms with van der Waals surface area (Å²) in [5, 5.41) is 13.1. The van der Waals surface area contributed by atoms with Gasteiger partial charge in [0, 0.05) is 31.4 Å². The highest BCUT2D eigenvalue weighted by Crippen LogP contribution is 2.19. The molecule has 1 heterocycles. The van der Waals surface area contributed by atoms with Gasteiger partial charge in [0.2, 0.25) is 0 Å². The minimum atomic E-state index is -0.718. The first-order valence-corrected chi connectivity index (χ1v) is 6.03. The number of hydrogen-bond acceptors (Lipinski definition) is 4. The summed E-state index contributed by atoms with van der Waals surface area (Å²) in [6.45, 7) is 7.90. The van der Waals surface area contributed by atoms with Gasteiger partial charge in [-0.2, -0.15) is 0 Å². The summed E-state index contributed by atoms with van der Waals surface area (Å²) in [6.07, 6.45) is 1.79. The monoisotopic (exact) mass is 237 g/mol. The topological polar surface area (TPSA) is 48.4 Å². The lowest BCUT2D eigenvalue weighted by Gasteiger charge is -2.30. The fourth-order valence-electron chi connectivity index (χ4n) is 1.85. The Morgan fingerprint density at radius 2 is 2.18 bits per heavy atom. The molecule has 0 fully saturated rings. The molecule has 0 unspecified atom stereocenters. The van der Waals surface area contributed by atoms with Crippen LogP contribution in [0.1, 0.15) is 26.3 Å². The first-order valence-electron chi connectivity index (χ1n) is 6.03. The summed E-state index contributed by atoms with van der Waals surface area (Å²) in [5.41, 5.74) is 0.436. The molecule has 0 aliphatic heterocycles. The van der Waals surface area contributed by atoms with Crippen LogP contribution in [0, 0.1) is 0 Å². The summed E-state index contributed by atoms with van der Waals surface area (Å²) >= 11 is 0. The Bertz CT molecular complexity index is 347. The maximum atomic E-state index is 9.92. The second-order valence-electron chi connectivity index (χ2n) is 4.84. The van der Waals surface area contributed by atoms with Crippen LogP contribution in [0.2, 0.25) is 0 Å². The van der Waals surface area contributed by atoms with Gasteiger partial charge < -0.3 is 15.3 Å². The summed E-state index contributed by atoms with van der Waals surface area (Å²) in [6, 6.07) is 4.00. The van der Waals surface area contributed by atoms with Crippen LogP contribution in [0.25, 0.3) is 0 Å². The second-order valence-corrected chi connectivity index (χ2v) is 4.84. The molecule has 4 heteroatoms. The molecular formula is C13H23N3O. The van der Waals surface area contributed by atoms with E-state index in [2.05, 4.69) is 28.2 Å². The van der Waals surface area contributed by atoms with Crippen LogP contribution < -0.4 is 10.2 Å². The number of hydrogen-bond donors (Lipinski definition) is 2. The van der Waals surface area contributed by atoms with Gasteiger partial charge in [0.15, 0.2) is 0 Å². The SMILES string of the molecule is CCN(CC(C)(C)O)c1ncccc1CNC. The summed E-state index contributed by atoms with van der Waals surface area (Å²) in [7, 11) is 1.92. The zero-order valence-corrected chi connectivity index (χ0v) is 11.2. The molecule has 17 heavy (non-hydrogen) atoms. The normalized spacial score (nSPS) is 11.6. The molecule has 0 spiro atoms. The fourth-order valence-corrected chi connectivity index (χ4v) is 1.85. The first-order chi connectivity index (χ1) is 7.98. The van der Waals surface area contributed by atoms with Crippen LogP contribution in [0.4, 0.5) is 5.82 Å². The molecule has 0 saturated carbocycles. The highest BCUT2D eigenvalue weighted by Gasteiger charge is 2.19. The zero-order valence-electron chi connectivity index (χ0n) is 11.2. The Balaban J connectivity index is 2.94. The van der Waals surface area contributed by atoms with Crippen molar-refractivity contribution in [2.45, 2.75) is 32.9 Å². The molecule has 2 N–H and O–H groups in total. The van der Waals surface area contributed by atoms with Gasteiger partial charge in [-0.25, -0.2) is 4.98 Å². The van der Waals surface area contributed by atoms with Crippen LogP contribution in [-0.2, 0) is 6.54 Å². The van der Waals surface area contributed by atoms with Crippen molar-refractivity contribution < 1.29 is 5.11 Å². The Kier molecular flexibility index (Phi) is 4.90. The molecular weight excluding hydrogens is 214 g/mol. The third kappa shape index (κ3) is 4.32. The van der Waals surface area contributed by atoms with Crippen LogP contribution in [0.3, 0.4) is 0 Å². The zero-order chi connectivity index (χ0) is 12.9. The Hall–Kier alpha value is -1.13. The van der Waals surface area contributed by atoms with Crippen LogP contribution in [-0.4, -0.2) is 35.8 Å². The van der Waals surface area contributed by atoms with Crippen LogP contribution in [0.5, 0.6) is 0 Å². The molecule has 96 valence electrons. The van der Waals surface area contributed by atoms with E-state index in [0.29, 0.717) is 6.54 Å². The van der Waals surface area contributed by atoms with Crippen molar-refractivity contribution in [2.24, 2.45) is 0 Å². The number of anilines is 1. The lowest BCUT2D eigenvalue weighted by Crippen LogP contribution is -2.39. The van der Waals surface area contributed by atoms with E-state index in [1.54, 1.807) is 6.20 Å². The molecule has 0 aliphatic rings. The van der Waals surface area contributed by atoms with Crippen molar-refractivity contribution in [3.63, 3.8) is 0 Å². The van der Waals surface area contributed by atoms with Crippen LogP contribution in [0.15, 0.2) is 18.3 Å². The molecule has 4 nitrogen and oxygen atoms in total. The average molecular weight is 237 g/mol. The van der Waals surface area contributed by atoms with E-state index in [1.807, 2.05) is 27.0 Å². The Morgan fingerprint density at radius 1 is 1.47 bits per heavy atom. The molecule has 0 bridgehead atoms. The maximum Gasteiger partial charge on any atom is 0.133 e. The van der Waals surface area contributed by atoms with Gasteiger partial charge in [-0.05, 0) is 33.9 Å². The number of likely N-dealkylation sites (N-methyl/N-ethyl adjacent to an activating group) is 1. The molecule has 0 saturated heterocycles. The molecule has 0 amide bonds. The average Bonchev–Trinajstić information content (AvgIpc) is 2.26. The van der Waals surface area contributed by atoms with Crippen molar-refractivity contribution in [3.05, 3.63) is 23.9 Å². The second kappa shape index (κ2) is 5.98.